The van der Waals surface area contributed by atoms with Gasteiger partial charge in [0.25, 0.3) is 11.8 Å². The fourth-order valence-corrected chi connectivity index (χ4v) is 2.99. The Morgan fingerprint density at radius 1 is 1.00 bits per heavy atom. The molecule has 0 aliphatic rings. The maximum atomic E-state index is 12.6. The number of aryl methyl sites for hydroxylation is 1. The van der Waals surface area contributed by atoms with E-state index in [-0.39, 0.29) is 11.8 Å². The predicted molar refractivity (Wildman–Crippen MR) is 131 cm³/mol. The molecule has 2 N–H and O–H groups in total. The van der Waals surface area contributed by atoms with E-state index in [1.54, 1.807) is 38.1 Å². The second-order valence-corrected chi connectivity index (χ2v) is 8.08. The lowest BCUT2D eigenvalue weighted by Gasteiger charge is -2.13. The number of benzene rings is 2. The molecule has 0 bridgehead atoms. The van der Waals surface area contributed by atoms with Gasteiger partial charge in [0, 0.05) is 27.0 Å². The lowest BCUT2D eigenvalue weighted by Crippen LogP contribution is -2.20. The highest BCUT2D eigenvalue weighted by molar-refractivity contribution is 9.10. The van der Waals surface area contributed by atoms with Crippen molar-refractivity contribution in [3.05, 3.63) is 80.3 Å². The Morgan fingerprint density at radius 2 is 1.57 bits per heavy atom. The minimum atomic E-state index is -0.383. The summed E-state index contributed by atoms with van der Waals surface area (Å²) < 4.78 is 0.866. The van der Waals surface area contributed by atoms with Crippen LogP contribution in [0.4, 0.5) is 11.4 Å². The zero-order chi connectivity index (χ0) is 22.8. The lowest BCUT2D eigenvalue weighted by molar-refractivity contribution is -0.115. The van der Waals surface area contributed by atoms with Crippen molar-refractivity contribution in [3.63, 3.8) is 0 Å². The van der Waals surface area contributed by atoms with E-state index in [0.29, 0.717) is 32.6 Å². The molecule has 0 heterocycles. The van der Waals surface area contributed by atoms with Crippen molar-refractivity contribution in [2.24, 2.45) is 0 Å². The molecule has 0 atom stereocenters. The summed E-state index contributed by atoms with van der Waals surface area (Å²) in [5.74, 6) is -0.712. The van der Waals surface area contributed by atoms with E-state index >= 15 is 0 Å². The highest BCUT2D eigenvalue weighted by Gasteiger charge is 2.16. The van der Waals surface area contributed by atoms with E-state index in [4.69, 9.17) is 23.2 Å². The van der Waals surface area contributed by atoms with Crippen LogP contribution in [-0.4, -0.2) is 11.8 Å². The minimum Gasteiger partial charge on any atom is -0.322 e. The third-order valence-corrected chi connectivity index (χ3v) is 5.35. The van der Waals surface area contributed by atoms with Crippen LogP contribution in [0.5, 0.6) is 0 Å². The van der Waals surface area contributed by atoms with E-state index < -0.39 is 0 Å². The monoisotopic (exact) mass is 510 g/mol. The largest absolute Gasteiger partial charge is 0.322 e. The van der Waals surface area contributed by atoms with Crippen molar-refractivity contribution in [2.45, 2.75) is 34.1 Å². The standard InChI is InChI=1S/C20H19BrCl2N2O2.C3H6/c1-4-13-5-6-14(21)9-18(13)25-20(27)12(3)11(2)19(26)24-15-7-8-16(22)17(23)10-15;1-3-2/h5-10H,4H2,1-3H3,(H,24,26)(H,25,27);3H,1H2,2H3/b12-11-;. The predicted octanol–water partition coefficient (Wildman–Crippen LogP) is 7.42. The van der Waals surface area contributed by atoms with Crippen LogP contribution in [0.2, 0.25) is 10.0 Å². The summed E-state index contributed by atoms with van der Waals surface area (Å²) in [6.45, 7) is 10.5. The van der Waals surface area contributed by atoms with Crippen LogP contribution >= 0.6 is 39.1 Å². The molecule has 0 unspecified atom stereocenters. The molecule has 0 aromatic heterocycles. The average molecular weight is 512 g/mol. The smallest absolute Gasteiger partial charge is 0.251 e. The minimum absolute atomic E-state index is 0.312. The van der Waals surface area contributed by atoms with Crippen molar-refractivity contribution in [1.29, 1.82) is 0 Å². The van der Waals surface area contributed by atoms with E-state index in [9.17, 15) is 9.59 Å². The third-order valence-electron chi connectivity index (χ3n) is 4.12. The Balaban J connectivity index is 0.00000141. The first kappa shape index (κ1) is 26.0. The van der Waals surface area contributed by atoms with Crippen LogP contribution in [-0.2, 0) is 16.0 Å². The van der Waals surface area contributed by atoms with Crippen molar-refractivity contribution in [2.75, 3.05) is 10.6 Å². The number of carbonyl (C=O) groups excluding carboxylic acids is 2. The lowest BCUT2D eigenvalue weighted by atomic mass is 10.1. The molecule has 2 aromatic carbocycles. The number of amides is 2. The van der Waals surface area contributed by atoms with Crippen LogP contribution in [0.25, 0.3) is 0 Å². The second kappa shape index (κ2) is 12.6. The summed E-state index contributed by atoms with van der Waals surface area (Å²) in [6, 6.07) is 10.5. The van der Waals surface area contributed by atoms with Gasteiger partial charge in [-0.1, -0.05) is 58.2 Å². The van der Waals surface area contributed by atoms with E-state index in [1.165, 1.54) is 0 Å². The normalized spacial score (nSPS) is 10.9. The van der Waals surface area contributed by atoms with Gasteiger partial charge in [-0.2, -0.15) is 0 Å². The molecule has 2 amide bonds. The Hall–Kier alpha value is -2.08. The molecular formula is C23H25BrCl2N2O2. The van der Waals surface area contributed by atoms with Crippen molar-refractivity contribution >= 4 is 62.3 Å². The van der Waals surface area contributed by atoms with Crippen LogP contribution in [0, 0.1) is 0 Å². The topological polar surface area (TPSA) is 58.2 Å². The molecule has 0 aliphatic carbocycles. The van der Waals surface area contributed by atoms with Gasteiger partial charge < -0.3 is 10.6 Å². The number of rotatable bonds is 5. The summed E-state index contributed by atoms with van der Waals surface area (Å²) >= 11 is 15.2. The fourth-order valence-electron chi connectivity index (χ4n) is 2.33. The SMILES string of the molecule is C=CC.CCc1ccc(Br)cc1NC(=O)/C(C)=C(/C)C(=O)Nc1ccc(Cl)c(Cl)c1. The zero-order valence-electron chi connectivity index (χ0n) is 17.4. The van der Waals surface area contributed by atoms with Gasteiger partial charge >= 0.3 is 0 Å². The third kappa shape index (κ3) is 7.63. The maximum absolute atomic E-state index is 12.6. The second-order valence-electron chi connectivity index (χ2n) is 6.35. The molecule has 0 fully saturated rings. The Kier molecular flexibility index (Phi) is 10.9. The van der Waals surface area contributed by atoms with Crippen LogP contribution in [0.15, 0.2) is 64.7 Å². The molecule has 30 heavy (non-hydrogen) atoms. The van der Waals surface area contributed by atoms with Gasteiger partial charge in [-0.25, -0.2) is 0 Å². The van der Waals surface area contributed by atoms with Gasteiger partial charge in [-0.3, -0.25) is 9.59 Å². The molecule has 7 heteroatoms. The summed E-state index contributed by atoms with van der Waals surface area (Å²) in [5.41, 5.74) is 2.87. The van der Waals surface area contributed by atoms with Crippen molar-refractivity contribution in [1.82, 2.24) is 0 Å². The highest BCUT2D eigenvalue weighted by Crippen LogP contribution is 2.26. The average Bonchev–Trinajstić information content (AvgIpc) is 2.70. The highest BCUT2D eigenvalue weighted by atomic mass is 79.9. The summed E-state index contributed by atoms with van der Waals surface area (Å²) in [4.78, 5) is 25.0. The number of allylic oxidation sites excluding steroid dienone is 1. The van der Waals surface area contributed by atoms with Gasteiger partial charge in [-0.15, -0.1) is 6.58 Å². The first-order valence-corrected chi connectivity index (χ1v) is 10.8. The van der Waals surface area contributed by atoms with Gasteiger partial charge in [0.2, 0.25) is 0 Å². The van der Waals surface area contributed by atoms with Crippen LogP contribution in [0.3, 0.4) is 0 Å². The molecule has 0 saturated carbocycles. The Morgan fingerprint density at radius 3 is 2.10 bits per heavy atom. The van der Waals surface area contributed by atoms with Gasteiger partial charge in [-0.05, 0) is 63.1 Å². The summed E-state index contributed by atoms with van der Waals surface area (Å²) in [5, 5.41) is 6.33. The number of nitrogens with one attached hydrogen (secondary N) is 2. The molecule has 0 aliphatic heterocycles. The quantitative estimate of drug-likeness (QED) is 0.324. The number of hydrogen-bond acceptors (Lipinski definition) is 2. The number of hydrogen-bond donors (Lipinski definition) is 2. The molecule has 0 saturated heterocycles. The first-order chi connectivity index (χ1) is 14.1. The number of halogens is 3. The molecule has 2 aromatic rings. The van der Waals surface area contributed by atoms with Crippen LogP contribution in [0.1, 0.15) is 33.3 Å². The molecule has 2 rings (SSSR count). The summed E-state index contributed by atoms with van der Waals surface area (Å²) in [6.07, 6.45) is 2.53. The first-order valence-electron chi connectivity index (χ1n) is 9.25. The molecule has 160 valence electrons. The van der Waals surface area contributed by atoms with Gasteiger partial charge in [0.1, 0.15) is 0 Å². The molecule has 0 radical (unpaired) electrons. The number of carbonyl (C=O) groups is 2. The van der Waals surface area contributed by atoms with E-state index in [0.717, 1.165) is 16.5 Å². The molecule has 4 nitrogen and oxygen atoms in total. The summed E-state index contributed by atoms with van der Waals surface area (Å²) in [7, 11) is 0. The number of anilines is 2. The Labute approximate surface area is 196 Å². The van der Waals surface area contributed by atoms with Crippen molar-refractivity contribution < 1.29 is 9.59 Å². The molecular weight excluding hydrogens is 487 g/mol. The molecule has 0 spiro atoms. The maximum Gasteiger partial charge on any atom is 0.251 e. The zero-order valence-corrected chi connectivity index (χ0v) is 20.5. The van der Waals surface area contributed by atoms with Gasteiger partial charge in [0.05, 0.1) is 10.0 Å². The van der Waals surface area contributed by atoms with Gasteiger partial charge in [0.15, 0.2) is 0 Å². The van der Waals surface area contributed by atoms with E-state index in [1.807, 2.05) is 32.0 Å². The van der Waals surface area contributed by atoms with E-state index in [2.05, 4.69) is 33.1 Å². The van der Waals surface area contributed by atoms with Crippen LogP contribution < -0.4 is 10.6 Å². The Bertz CT molecular complexity index is 972. The van der Waals surface area contributed by atoms with Crippen molar-refractivity contribution in [3.8, 4) is 0 Å². The fraction of sp³-hybridized carbons (Fsp3) is 0.217.